The highest BCUT2D eigenvalue weighted by molar-refractivity contribution is 5.71. The molecule has 0 aromatic heterocycles. The third-order valence-electron chi connectivity index (χ3n) is 16.2. The molecule has 0 aliphatic carbocycles. The van der Waals surface area contributed by atoms with Crippen molar-refractivity contribution in [3.63, 3.8) is 0 Å². The lowest BCUT2D eigenvalue weighted by Gasteiger charge is -2.18. The van der Waals surface area contributed by atoms with Crippen molar-refractivity contribution in [2.75, 3.05) is 13.2 Å². The fourth-order valence-corrected chi connectivity index (χ4v) is 10.7. The maximum Gasteiger partial charge on any atom is 0.306 e. The van der Waals surface area contributed by atoms with Gasteiger partial charge in [0.2, 0.25) is 0 Å². The number of carbonyl (C=O) groups excluding carboxylic acids is 3. The van der Waals surface area contributed by atoms with Crippen molar-refractivity contribution in [1.82, 2.24) is 0 Å². The second-order valence-electron chi connectivity index (χ2n) is 24.5. The van der Waals surface area contributed by atoms with E-state index < -0.39 is 6.10 Å². The number of unbranched alkanes of at least 4 members (excludes halogenated alkanes) is 44. The summed E-state index contributed by atoms with van der Waals surface area (Å²) in [5, 5.41) is 0. The monoisotopic (exact) mass is 1160 g/mol. The van der Waals surface area contributed by atoms with Crippen LogP contribution in [0.3, 0.4) is 0 Å². The van der Waals surface area contributed by atoms with E-state index >= 15 is 0 Å². The van der Waals surface area contributed by atoms with Gasteiger partial charge in [0.15, 0.2) is 6.10 Å². The Balaban J connectivity index is 4.18. The van der Waals surface area contributed by atoms with Crippen molar-refractivity contribution >= 4 is 17.9 Å². The molecule has 482 valence electrons. The highest BCUT2D eigenvalue weighted by Gasteiger charge is 2.19. The largest absolute Gasteiger partial charge is 0.462 e. The van der Waals surface area contributed by atoms with Gasteiger partial charge >= 0.3 is 17.9 Å². The first-order valence-electron chi connectivity index (χ1n) is 36.4. The van der Waals surface area contributed by atoms with E-state index in [1.807, 2.05) is 0 Å². The van der Waals surface area contributed by atoms with Gasteiger partial charge in [-0.15, -0.1) is 0 Å². The summed E-state index contributed by atoms with van der Waals surface area (Å²) in [6, 6.07) is 0. The number of ether oxygens (including phenoxy) is 3. The molecule has 83 heavy (non-hydrogen) atoms. The normalized spacial score (nSPS) is 12.5. The van der Waals surface area contributed by atoms with Crippen LogP contribution in [0, 0.1) is 0 Å². The number of carbonyl (C=O) groups is 3. The predicted octanol–water partition coefficient (Wildman–Crippen LogP) is 25.2. The zero-order valence-electron chi connectivity index (χ0n) is 55.5. The minimum absolute atomic E-state index is 0.0739. The van der Waals surface area contributed by atoms with E-state index in [-0.39, 0.29) is 31.1 Å². The van der Waals surface area contributed by atoms with Gasteiger partial charge in [-0.2, -0.15) is 0 Å². The lowest BCUT2D eigenvalue weighted by molar-refractivity contribution is -0.167. The number of hydrogen-bond donors (Lipinski definition) is 0. The van der Waals surface area contributed by atoms with Crippen LogP contribution in [0.5, 0.6) is 0 Å². The Labute approximate surface area is 516 Å². The van der Waals surface area contributed by atoms with Gasteiger partial charge < -0.3 is 14.2 Å². The summed E-state index contributed by atoms with van der Waals surface area (Å²) in [6.07, 6.45) is 93.7. The SMILES string of the molecule is CCCCCCC/C=C\C/C=C\C/C=C\CCCCCCCCCCCCCCCCCCC(=O)OCC(COC(=O)CCCCCCCCCCCCC)OC(=O)CCCCCCCCCC/C=C\C/C=C\C/C=C\CCCCCCC. The van der Waals surface area contributed by atoms with Crippen LogP contribution < -0.4 is 0 Å². The van der Waals surface area contributed by atoms with Gasteiger partial charge in [-0.05, 0) is 96.3 Å². The van der Waals surface area contributed by atoms with Crippen LogP contribution in [0.2, 0.25) is 0 Å². The maximum absolute atomic E-state index is 12.9. The molecule has 0 aromatic carbocycles. The second kappa shape index (κ2) is 71.3. The molecule has 0 N–H and O–H groups in total. The number of hydrogen-bond acceptors (Lipinski definition) is 6. The van der Waals surface area contributed by atoms with Gasteiger partial charge in [0, 0.05) is 19.3 Å². The van der Waals surface area contributed by atoms with E-state index in [4.69, 9.17) is 14.2 Å². The van der Waals surface area contributed by atoms with Crippen molar-refractivity contribution in [2.24, 2.45) is 0 Å². The van der Waals surface area contributed by atoms with Crippen molar-refractivity contribution in [3.8, 4) is 0 Å². The molecule has 0 rings (SSSR count). The number of allylic oxidation sites excluding steroid dienone is 12. The lowest BCUT2D eigenvalue weighted by Crippen LogP contribution is -2.30. The Hall–Kier alpha value is -3.15. The van der Waals surface area contributed by atoms with Gasteiger partial charge in [-0.25, -0.2) is 0 Å². The standard InChI is InChI=1S/C77H138O6/c1-4-7-10-13-16-19-22-24-26-28-30-32-34-35-36-37-38-39-40-41-43-44-46-48-50-52-55-58-61-64-67-70-76(79)82-73-74(72-81-75(78)69-66-63-60-57-54-21-18-15-12-9-6-3)83-77(80)71-68-65-62-59-56-53-51-49-47-45-42-33-31-29-27-25-23-20-17-14-11-8-5-2/h22-25,28-31,34-35,42,45,74H,4-21,26-27,32-33,36-41,43-44,46-73H2,1-3H3/b24-22-,25-23-,30-28-,31-29-,35-34-,45-42-. The fraction of sp³-hybridized carbons (Fsp3) is 0.805. The molecule has 0 spiro atoms. The van der Waals surface area contributed by atoms with E-state index in [9.17, 15) is 14.4 Å². The minimum Gasteiger partial charge on any atom is -0.462 e. The van der Waals surface area contributed by atoms with E-state index in [0.29, 0.717) is 19.3 Å². The quantitative estimate of drug-likeness (QED) is 0.0261. The summed E-state index contributed by atoms with van der Waals surface area (Å²) in [5.41, 5.74) is 0. The van der Waals surface area contributed by atoms with Crippen LogP contribution in [0.1, 0.15) is 380 Å². The van der Waals surface area contributed by atoms with E-state index in [1.54, 1.807) is 0 Å². The molecule has 0 saturated heterocycles. The zero-order chi connectivity index (χ0) is 59.9. The summed E-state index contributed by atoms with van der Waals surface area (Å²) in [5.74, 6) is -0.861. The molecule has 0 radical (unpaired) electrons. The number of esters is 3. The van der Waals surface area contributed by atoms with Crippen LogP contribution in [0.15, 0.2) is 72.9 Å². The van der Waals surface area contributed by atoms with Crippen LogP contribution >= 0.6 is 0 Å². The highest BCUT2D eigenvalue weighted by Crippen LogP contribution is 2.18. The fourth-order valence-electron chi connectivity index (χ4n) is 10.7. The molecule has 0 heterocycles. The average Bonchev–Trinajstić information content (AvgIpc) is 3.48. The van der Waals surface area contributed by atoms with Crippen LogP contribution in [-0.4, -0.2) is 37.2 Å². The van der Waals surface area contributed by atoms with Gasteiger partial charge in [-0.3, -0.25) is 14.4 Å². The van der Waals surface area contributed by atoms with Crippen molar-refractivity contribution < 1.29 is 28.6 Å². The Morgan fingerprint density at radius 1 is 0.241 bits per heavy atom. The Bertz CT molecular complexity index is 1520. The van der Waals surface area contributed by atoms with Crippen LogP contribution in [0.4, 0.5) is 0 Å². The molecule has 0 bridgehead atoms. The van der Waals surface area contributed by atoms with Crippen LogP contribution in [-0.2, 0) is 28.6 Å². The first-order valence-corrected chi connectivity index (χ1v) is 36.4. The van der Waals surface area contributed by atoms with Crippen LogP contribution in [0.25, 0.3) is 0 Å². The zero-order valence-corrected chi connectivity index (χ0v) is 55.5. The maximum atomic E-state index is 12.9. The smallest absolute Gasteiger partial charge is 0.306 e. The second-order valence-corrected chi connectivity index (χ2v) is 24.5. The third-order valence-corrected chi connectivity index (χ3v) is 16.2. The molecule has 1 unspecified atom stereocenters. The molecule has 0 aromatic rings. The molecule has 0 fully saturated rings. The van der Waals surface area contributed by atoms with Gasteiger partial charge in [0.05, 0.1) is 0 Å². The molecule has 0 aliphatic rings. The summed E-state index contributed by atoms with van der Waals surface area (Å²) < 4.78 is 17.0. The Morgan fingerprint density at radius 3 is 0.675 bits per heavy atom. The van der Waals surface area contributed by atoms with Crippen molar-refractivity contribution in [3.05, 3.63) is 72.9 Å². The third kappa shape index (κ3) is 69.5. The summed E-state index contributed by atoms with van der Waals surface area (Å²) in [6.45, 7) is 6.65. The molecule has 6 heteroatoms. The first kappa shape index (κ1) is 79.8. The summed E-state index contributed by atoms with van der Waals surface area (Å²) in [4.78, 5) is 38.4. The highest BCUT2D eigenvalue weighted by atomic mass is 16.6. The van der Waals surface area contributed by atoms with E-state index in [1.165, 1.54) is 250 Å². The van der Waals surface area contributed by atoms with Gasteiger partial charge in [0.1, 0.15) is 13.2 Å². The molecule has 0 aliphatic heterocycles. The topological polar surface area (TPSA) is 78.9 Å². The number of rotatable bonds is 67. The molecule has 6 nitrogen and oxygen atoms in total. The van der Waals surface area contributed by atoms with Crippen molar-refractivity contribution in [2.45, 2.75) is 386 Å². The van der Waals surface area contributed by atoms with Crippen molar-refractivity contribution in [1.29, 1.82) is 0 Å². The van der Waals surface area contributed by atoms with E-state index in [2.05, 4.69) is 93.7 Å². The average molecular weight is 1160 g/mol. The van der Waals surface area contributed by atoms with Gasteiger partial charge in [0.25, 0.3) is 0 Å². The Morgan fingerprint density at radius 2 is 0.434 bits per heavy atom. The van der Waals surface area contributed by atoms with Gasteiger partial charge in [-0.1, -0.05) is 338 Å². The van der Waals surface area contributed by atoms with E-state index in [0.717, 1.165) is 89.9 Å². The lowest BCUT2D eigenvalue weighted by atomic mass is 10.0. The summed E-state index contributed by atoms with van der Waals surface area (Å²) >= 11 is 0. The molecule has 0 saturated carbocycles. The molecule has 1 atom stereocenters. The predicted molar refractivity (Wildman–Crippen MR) is 362 cm³/mol. The molecular weight excluding hydrogens is 1020 g/mol. The Kier molecular flexibility index (Phi) is 68.6. The molecule has 0 amide bonds. The molecular formula is C77H138O6. The first-order chi connectivity index (χ1) is 41.0. The minimum atomic E-state index is -0.778. The summed E-state index contributed by atoms with van der Waals surface area (Å²) in [7, 11) is 0.